The highest BCUT2D eigenvalue weighted by Gasteiger charge is 2.40. The Morgan fingerprint density at radius 2 is 2.00 bits per heavy atom. The molecule has 0 saturated heterocycles. The van der Waals surface area contributed by atoms with E-state index in [-0.39, 0.29) is 31.1 Å². The summed E-state index contributed by atoms with van der Waals surface area (Å²) in [5.41, 5.74) is 0.0659. The first kappa shape index (κ1) is 17.6. The predicted molar refractivity (Wildman–Crippen MR) is 83.3 cm³/mol. The second-order valence-electron chi connectivity index (χ2n) is 5.45. The topological polar surface area (TPSA) is 54.3 Å². The van der Waals surface area contributed by atoms with Gasteiger partial charge in [0.1, 0.15) is 5.82 Å². The zero-order chi connectivity index (χ0) is 18.4. The van der Waals surface area contributed by atoms with Crippen LogP contribution in [0.25, 0.3) is 0 Å². The smallest absolute Gasteiger partial charge is 0.315 e. The van der Waals surface area contributed by atoms with E-state index in [1.807, 2.05) is 0 Å². The van der Waals surface area contributed by atoms with E-state index in [1.165, 1.54) is 24.1 Å². The quantitative estimate of drug-likeness (QED) is 0.664. The standard InChI is InChI=1S/C14H12BrF4N5O/c1-22(10-3-2-8(15)6-9(10)16)13(25)23-4-5-24-11(7-23)20-21-12(24)14(17,18)19/h2-3,6H,4-5,7H2,1H3. The zero-order valence-electron chi connectivity index (χ0n) is 12.9. The van der Waals surface area contributed by atoms with Crippen LogP contribution in [0, 0.1) is 5.82 Å². The SMILES string of the molecule is CN(C(=O)N1CCn2c(nnc2C(F)(F)F)C1)c1ccc(Br)cc1F. The third kappa shape index (κ3) is 3.32. The van der Waals surface area contributed by atoms with E-state index in [0.717, 1.165) is 9.47 Å². The van der Waals surface area contributed by atoms with Crippen LogP contribution >= 0.6 is 15.9 Å². The molecule has 0 N–H and O–H groups in total. The molecule has 2 amide bonds. The largest absolute Gasteiger partial charge is 0.451 e. The van der Waals surface area contributed by atoms with Gasteiger partial charge in [0.25, 0.3) is 0 Å². The van der Waals surface area contributed by atoms with Gasteiger partial charge in [-0.25, -0.2) is 9.18 Å². The van der Waals surface area contributed by atoms with Crippen molar-refractivity contribution in [2.45, 2.75) is 19.3 Å². The molecular formula is C14H12BrF4N5O. The highest BCUT2D eigenvalue weighted by atomic mass is 79.9. The fraction of sp³-hybridized carbons (Fsp3) is 0.357. The third-order valence-electron chi connectivity index (χ3n) is 3.84. The maximum absolute atomic E-state index is 14.0. The molecule has 134 valence electrons. The van der Waals surface area contributed by atoms with Crippen molar-refractivity contribution in [3.63, 3.8) is 0 Å². The summed E-state index contributed by atoms with van der Waals surface area (Å²) in [6.45, 7) is -0.181. The van der Waals surface area contributed by atoms with Gasteiger partial charge < -0.3 is 9.47 Å². The number of halogens is 5. The average molecular weight is 422 g/mol. The maximum Gasteiger partial charge on any atom is 0.451 e. The molecule has 25 heavy (non-hydrogen) atoms. The first-order valence-electron chi connectivity index (χ1n) is 7.15. The van der Waals surface area contributed by atoms with Crippen LogP contribution in [0.3, 0.4) is 0 Å². The Labute approximate surface area is 148 Å². The molecule has 0 bridgehead atoms. The predicted octanol–water partition coefficient (Wildman–Crippen LogP) is 3.27. The zero-order valence-corrected chi connectivity index (χ0v) is 14.5. The van der Waals surface area contributed by atoms with E-state index in [9.17, 15) is 22.4 Å². The number of anilines is 1. The molecule has 2 heterocycles. The van der Waals surface area contributed by atoms with E-state index in [1.54, 1.807) is 6.07 Å². The summed E-state index contributed by atoms with van der Waals surface area (Å²) in [5.74, 6) is -1.64. The molecule has 1 aliphatic heterocycles. The maximum atomic E-state index is 14.0. The summed E-state index contributed by atoms with van der Waals surface area (Å²) in [7, 11) is 1.40. The van der Waals surface area contributed by atoms with Gasteiger partial charge in [-0.1, -0.05) is 15.9 Å². The number of rotatable bonds is 1. The number of aromatic nitrogens is 3. The van der Waals surface area contributed by atoms with E-state index >= 15 is 0 Å². The van der Waals surface area contributed by atoms with Crippen LogP contribution in [-0.2, 0) is 19.3 Å². The lowest BCUT2D eigenvalue weighted by molar-refractivity contribution is -0.147. The van der Waals surface area contributed by atoms with Crippen LogP contribution in [0.15, 0.2) is 22.7 Å². The number of nitrogens with zero attached hydrogens (tertiary/aromatic N) is 5. The third-order valence-corrected chi connectivity index (χ3v) is 4.33. The Bertz CT molecular complexity index is 822. The van der Waals surface area contributed by atoms with Gasteiger partial charge in [-0.15, -0.1) is 10.2 Å². The number of hydrogen-bond donors (Lipinski definition) is 0. The van der Waals surface area contributed by atoms with Crippen molar-refractivity contribution in [2.24, 2.45) is 0 Å². The molecule has 1 aromatic carbocycles. The molecule has 1 aliphatic rings. The minimum atomic E-state index is -4.60. The van der Waals surface area contributed by atoms with Crippen molar-refractivity contribution in [3.8, 4) is 0 Å². The Hall–Kier alpha value is -2.17. The summed E-state index contributed by atoms with van der Waals surface area (Å²) in [6, 6.07) is 3.71. The molecule has 0 fully saturated rings. The van der Waals surface area contributed by atoms with Gasteiger partial charge in [-0.3, -0.25) is 4.90 Å². The van der Waals surface area contributed by atoms with Crippen LogP contribution < -0.4 is 4.90 Å². The first-order chi connectivity index (χ1) is 11.7. The summed E-state index contributed by atoms with van der Waals surface area (Å²) >= 11 is 3.13. The Balaban J connectivity index is 1.80. The van der Waals surface area contributed by atoms with Gasteiger partial charge in [0.2, 0.25) is 5.82 Å². The van der Waals surface area contributed by atoms with Gasteiger partial charge in [-0.05, 0) is 18.2 Å². The Morgan fingerprint density at radius 3 is 2.64 bits per heavy atom. The molecule has 1 aromatic heterocycles. The number of fused-ring (bicyclic) bond motifs is 1. The molecule has 0 aliphatic carbocycles. The van der Waals surface area contributed by atoms with Crippen LogP contribution in [0.5, 0.6) is 0 Å². The van der Waals surface area contributed by atoms with Crippen LogP contribution in [0.1, 0.15) is 11.6 Å². The van der Waals surface area contributed by atoms with E-state index < -0.39 is 23.8 Å². The van der Waals surface area contributed by atoms with Gasteiger partial charge >= 0.3 is 12.2 Å². The minimum absolute atomic E-state index is 0.0371. The van der Waals surface area contributed by atoms with Gasteiger partial charge in [0, 0.05) is 24.6 Å². The molecular weight excluding hydrogens is 410 g/mol. The van der Waals surface area contributed by atoms with Crippen LogP contribution in [-0.4, -0.2) is 39.3 Å². The number of carbonyl (C=O) groups is 1. The number of amides is 2. The second-order valence-corrected chi connectivity index (χ2v) is 6.36. The molecule has 11 heteroatoms. The fourth-order valence-electron chi connectivity index (χ4n) is 2.60. The Morgan fingerprint density at radius 1 is 1.28 bits per heavy atom. The van der Waals surface area contributed by atoms with Crippen LogP contribution in [0.2, 0.25) is 0 Å². The second kappa shape index (κ2) is 6.28. The fourth-order valence-corrected chi connectivity index (χ4v) is 2.93. The molecule has 0 spiro atoms. The van der Waals surface area contributed by atoms with Gasteiger partial charge in [-0.2, -0.15) is 13.2 Å². The van der Waals surface area contributed by atoms with E-state index in [0.29, 0.717) is 4.47 Å². The number of alkyl halides is 3. The summed E-state index contributed by atoms with van der Waals surface area (Å²) in [4.78, 5) is 14.9. The van der Waals surface area contributed by atoms with Gasteiger partial charge in [0.15, 0.2) is 5.82 Å². The minimum Gasteiger partial charge on any atom is -0.315 e. The number of urea groups is 1. The number of hydrogen-bond acceptors (Lipinski definition) is 3. The number of carbonyl (C=O) groups excluding carboxylic acids is 1. The molecule has 3 rings (SSSR count). The van der Waals surface area contributed by atoms with Gasteiger partial charge in [0.05, 0.1) is 12.2 Å². The highest BCUT2D eigenvalue weighted by Crippen LogP contribution is 2.30. The van der Waals surface area contributed by atoms with Crippen molar-refractivity contribution in [1.29, 1.82) is 0 Å². The van der Waals surface area contributed by atoms with Crippen molar-refractivity contribution in [3.05, 3.63) is 40.1 Å². The molecule has 0 unspecified atom stereocenters. The average Bonchev–Trinajstić information content (AvgIpc) is 2.96. The van der Waals surface area contributed by atoms with E-state index in [2.05, 4.69) is 26.1 Å². The van der Waals surface area contributed by atoms with Crippen LogP contribution in [0.4, 0.5) is 28.0 Å². The summed E-state index contributed by atoms with van der Waals surface area (Å²) < 4.78 is 54.0. The van der Waals surface area contributed by atoms with Crippen molar-refractivity contribution in [1.82, 2.24) is 19.7 Å². The molecule has 0 atom stereocenters. The Kier molecular flexibility index (Phi) is 4.43. The number of benzene rings is 1. The first-order valence-corrected chi connectivity index (χ1v) is 7.94. The molecule has 0 saturated carbocycles. The highest BCUT2D eigenvalue weighted by molar-refractivity contribution is 9.10. The monoisotopic (exact) mass is 421 g/mol. The lowest BCUT2D eigenvalue weighted by atomic mass is 10.3. The lowest BCUT2D eigenvalue weighted by Gasteiger charge is -2.31. The lowest BCUT2D eigenvalue weighted by Crippen LogP contribution is -2.45. The van der Waals surface area contributed by atoms with Crippen molar-refractivity contribution >= 4 is 27.6 Å². The summed E-state index contributed by atoms with van der Waals surface area (Å²) in [5, 5.41) is 6.68. The van der Waals surface area contributed by atoms with E-state index in [4.69, 9.17) is 0 Å². The molecule has 6 nitrogen and oxygen atoms in total. The summed E-state index contributed by atoms with van der Waals surface area (Å²) in [6.07, 6.45) is -4.60. The van der Waals surface area contributed by atoms with Crippen molar-refractivity contribution < 1.29 is 22.4 Å². The van der Waals surface area contributed by atoms with Crippen molar-refractivity contribution in [2.75, 3.05) is 18.5 Å². The molecule has 2 aromatic rings. The molecule has 0 radical (unpaired) electrons. The normalized spacial score (nSPS) is 14.4.